The number of carbonyl (C=O) groups is 1. The number of nitrogens with zero attached hydrogens (tertiary/aromatic N) is 1. The normalized spacial score (nSPS) is 15.6. The van der Waals surface area contributed by atoms with Gasteiger partial charge in [0.25, 0.3) is 5.91 Å². The minimum absolute atomic E-state index is 0.0158. The van der Waals surface area contributed by atoms with Crippen LogP contribution in [-0.2, 0) is 0 Å². The second kappa shape index (κ2) is 6.42. The molecule has 25 heavy (non-hydrogen) atoms. The Labute approximate surface area is 143 Å². The van der Waals surface area contributed by atoms with Crippen LogP contribution in [0.2, 0.25) is 0 Å². The highest BCUT2D eigenvalue weighted by molar-refractivity contribution is 6.01. The summed E-state index contributed by atoms with van der Waals surface area (Å²) in [4.78, 5) is 13.9. The number of aliphatic hydroxyl groups is 2. The zero-order valence-electron chi connectivity index (χ0n) is 13.6. The summed E-state index contributed by atoms with van der Waals surface area (Å²) in [6, 6.07) is 8.11. The first-order valence-corrected chi connectivity index (χ1v) is 7.76. The molecule has 3 N–H and O–H groups in total. The van der Waals surface area contributed by atoms with E-state index in [2.05, 4.69) is 5.32 Å². The third kappa shape index (κ3) is 3.47. The lowest BCUT2D eigenvalue weighted by atomic mass is 9.94. The van der Waals surface area contributed by atoms with Crippen molar-refractivity contribution in [1.29, 1.82) is 0 Å². The molecule has 1 aliphatic rings. The molecule has 0 radical (unpaired) electrons. The molecule has 3 rings (SSSR count). The lowest BCUT2D eigenvalue weighted by Crippen LogP contribution is -2.65. The van der Waals surface area contributed by atoms with Crippen LogP contribution in [0.1, 0.15) is 15.9 Å². The van der Waals surface area contributed by atoms with Crippen molar-refractivity contribution in [1.82, 2.24) is 4.90 Å². The average molecular weight is 348 g/mol. The van der Waals surface area contributed by atoms with E-state index < -0.39 is 29.7 Å². The summed E-state index contributed by atoms with van der Waals surface area (Å²) < 4.78 is 27.7. The lowest BCUT2D eigenvalue weighted by molar-refractivity contribution is -0.109. The molecule has 1 saturated heterocycles. The molecule has 1 amide bonds. The first-order chi connectivity index (χ1) is 11.8. The first kappa shape index (κ1) is 17.3. The van der Waals surface area contributed by atoms with Crippen molar-refractivity contribution < 1.29 is 23.8 Å². The van der Waals surface area contributed by atoms with Crippen molar-refractivity contribution in [2.24, 2.45) is 0 Å². The standard InChI is InChI=1S/C18H18F2N2O3/c1-11-2-5-15(14(20)6-11)21-16-7-12(19)3-4-13(16)17(24)22-8-18(25,9-22)10-23/h2-7,21,23,25H,8-10H2,1H3. The number of rotatable bonds is 4. The monoisotopic (exact) mass is 348 g/mol. The number of β-amino-alcohol motifs (C(OH)–C–C–N with tert-alkyl or cyclic N) is 1. The summed E-state index contributed by atoms with van der Waals surface area (Å²) in [5, 5.41) is 21.6. The van der Waals surface area contributed by atoms with E-state index in [0.29, 0.717) is 0 Å². The molecule has 1 heterocycles. The fraction of sp³-hybridized carbons (Fsp3) is 0.278. The van der Waals surface area contributed by atoms with Gasteiger partial charge in [-0.15, -0.1) is 0 Å². The molecule has 2 aromatic rings. The van der Waals surface area contributed by atoms with Gasteiger partial charge in [0.2, 0.25) is 0 Å². The van der Waals surface area contributed by atoms with Gasteiger partial charge in [0.15, 0.2) is 0 Å². The van der Waals surface area contributed by atoms with Gasteiger partial charge in [-0.25, -0.2) is 8.78 Å². The maximum atomic E-state index is 14.0. The Hall–Kier alpha value is -2.51. The highest BCUT2D eigenvalue weighted by Crippen LogP contribution is 2.29. The van der Waals surface area contributed by atoms with Crippen LogP contribution in [0, 0.1) is 18.6 Å². The van der Waals surface area contributed by atoms with E-state index in [-0.39, 0.29) is 30.0 Å². The smallest absolute Gasteiger partial charge is 0.256 e. The Bertz CT molecular complexity index is 820. The van der Waals surface area contributed by atoms with Gasteiger partial charge in [0.1, 0.15) is 17.2 Å². The molecule has 0 bridgehead atoms. The largest absolute Gasteiger partial charge is 0.393 e. The van der Waals surface area contributed by atoms with Gasteiger partial charge in [0, 0.05) is 0 Å². The van der Waals surface area contributed by atoms with E-state index in [9.17, 15) is 18.7 Å². The molecule has 1 aliphatic heterocycles. The van der Waals surface area contributed by atoms with Gasteiger partial charge in [-0.2, -0.15) is 0 Å². The molecular formula is C18H18F2N2O3. The van der Waals surface area contributed by atoms with Crippen LogP contribution in [0.3, 0.4) is 0 Å². The molecule has 0 aliphatic carbocycles. The first-order valence-electron chi connectivity index (χ1n) is 7.76. The summed E-state index contributed by atoms with van der Waals surface area (Å²) in [6.07, 6.45) is 0. The number of hydrogen-bond donors (Lipinski definition) is 3. The number of halogens is 2. The fourth-order valence-electron chi connectivity index (χ4n) is 2.75. The second-order valence-corrected chi connectivity index (χ2v) is 6.34. The number of aryl methyl sites for hydroxylation is 1. The Kier molecular flexibility index (Phi) is 4.45. The van der Waals surface area contributed by atoms with Gasteiger partial charge in [-0.1, -0.05) is 6.07 Å². The Morgan fingerprint density at radius 2 is 1.92 bits per heavy atom. The summed E-state index contributed by atoms with van der Waals surface area (Å²) in [7, 11) is 0. The number of likely N-dealkylation sites (tertiary alicyclic amines) is 1. The van der Waals surface area contributed by atoms with E-state index in [1.54, 1.807) is 13.0 Å². The number of anilines is 2. The predicted octanol–water partition coefficient (Wildman–Crippen LogP) is 2.20. The molecule has 5 nitrogen and oxygen atoms in total. The molecule has 0 spiro atoms. The van der Waals surface area contributed by atoms with Crippen molar-refractivity contribution in [3.63, 3.8) is 0 Å². The zero-order chi connectivity index (χ0) is 18.2. The van der Waals surface area contributed by atoms with Crippen LogP contribution in [-0.4, -0.2) is 46.3 Å². The zero-order valence-corrected chi connectivity index (χ0v) is 13.6. The van der Waals surface area contributed by atoms with Crippen LogP contribution < -0.4 is 5.32 Å². The number of nitrogens with one attached hydrogen (secondary N) is 1. The van der Waals surface area contributed by atoms with Crippen LogP contribution in [0.15, 0.2) is 36.4 Å². The molecule has 132 valence electrons. The summed E-state index contributed by atoms with van der Waals surface area (Å²) in [6.45, 7) is 1.27. The van der Waals surface area contributed by atoms with E-state index in [0.717, 1.165) is 17.7 Å². The lowest BCUT2D eigenvalue weighted by Gasteiger charge is -2.45. The Balaban J connectivity index is 1.87. The number of carbonyl (C=O) groups excluding carboxylic acids is 1. The quantitative estimate of drug-likeness (QED) is 0.792. The minimum atomic E-state index is -1.30. The van der Waals surface area contributed by atoms with E-state index in [4.69, 9.17) is 5.11 Å². The van der Waals surface area contributed by atoms with Gasteiger partial charge in [0.05, 0.1) is 36.6 Å². The van der Waals surface area contributed by atoms with Crippen molar-refractivity contribution in [3.05, 3.63) is 59.2 Å². The van der Waals surface area contributed by atoms with Crippen molar-refractivity contribution >= 4 is 17.3 Å². The molecule has 0 saturated carbocycles. The highest BCUT2D eigenvalue weighted by Gasteiger charge is 2.43. The maximum absolute atomic E-state index is 14.0. The second-order valence-electron chi connectivity index (χ2n) is 6.34. The maximum Gasteiger partial charge on any atom is 0.256 e. The van der Waals surface area contributed by atoms with E-state index >= 15 is 0 Å². The molecule has 0 aromatic heterocycles. The molecule has 0 atom stereocenters. The fourth-order valence-corrected chi connectivity index (χ4v) is 2.75. The topological polar surface area (TPSA) is 72.8 Å². The molecule has 0 unspecified atom stereocenters. The Morgan fingerprint density at radius 3 is 2.56 bits per heavy atom. The minimum Gasteiger partial charge on any atom is -0.393 e. The van der Waals surface area contributed by atoms with Gasteiger partial charge >= 0.3 is 0 Å². The van der Waals surface area contributed by atoms with E-state index in [1.807, 2.05) is 0 Å². The van der Waals surface area contributed by atoms with Crippen LogP contribution in [0.5, 0.6) is 0 Å². The van der Waals surface area contributed by atoms with Crippen LogP contribution in [0.25, 0.3) is 0 Å². The number of hydrogen-bond acceptors (Lipinski definition) is 4. The third-order valence-corrected chi connectivity index (χ3v) is 4.16. The predicted molar refractivity (Wildman–Crippen MR) is 88.8 cm³/mol. The SMILES string of the molecule is Cc1ccc(Nc2cc(F)ccc2C(=O)N2CC(O)(CO)C2)c(F)c1. The van der Waals surface area contributed by atoms with E-state index in [1.165, 1.54) is 23.1 Å². The average Bonchev–Trinajstić information content (AvgIpc) is 2.54. The number of benzene rings is 2. The van der Waals surface area contributed by atoms with Gasteiger partial charge < -0.3 is 20.4 Å². The molecule has 2 aromatic carbocycles. The molecule has 7 heteroatoms. The Morgan fingerprint density at radius 1 is 1.20 bits per heavy atom. The number of amides is 1. The summed E-state index contributed by atoms with van der Waals surface area (Å²) in [5.74, 6) is -1.52. The summed E-state index contributed by atoms with van der Waals surface area (Å²) in [5.41, 5.74) is -0.150. The van der Waals surface area contributed by atoms with Crippen LogP contribution in [0.4, 0.5) is 20.2 Å². The summed E-state index contributed by atoms with van der Waals surface area (Å²) >= 11 is 0. The van der Waals surface area contributed by atoms with Crippen molar-refractivity contribution in [2.75, 3.05) is 25.0 Å². The third-order valence-electron chi connectivity index (χ3n) is 4.16. The highest BCUT2D eigenvalue weighted by atomic mass is 19.1. The van der Waals surface area contributed by atoms with Crippen LogP contribution >= 0.6 is 0 Å². The molecular weight excluding hydrogens is 330 g/mol. The van der Waals surface area contributed by atoms with Crippen molar-refractivity contribution in [2.45, 2.75) is 12.5 Å². The van der Waals surface area contributed by atoms with Crippen molar-refractivity contribution in [3.8, 4) is 0 Å². The van der Waals surface area contributed by atoms with Gasteiger partial charge in [-0.3, -0.25) is 4.79 Å². The number of aliphatic hydroxyl groups excluding tert-OH is 1. The van der Waals surface area contributed by atoms with Gasteiger partial charge in [-0.05, 0) is 42.8 Å². The molecule has 1 fully saturated rings.